The number of nitrogens with zero attached hydrogens (tertiary/aromatic N) is 2. The minimum Gasteiger partial charge on any atom is -0.307 e. The number of thiophene rings is 1. The number of amides is 1. The molecule has 0 N–H and O–H groups in total. The van der Waals surface area contributed by atoms with Gasteiger partial charge in [-0.05, 0) is 67.0 Å². The first-order valence-electron chi connectivity index (χ1n) is 10.4. The van der Waals surface area contributed by atoms with E-state index >= 15 is 0 Å². The van der Waals surface area contributed by atoms with E-state index in [1.165, 1.54) is 21.2 Å². The summed E-state index contributed by atoms with van der Waals surface area (Å²) >= 11 is 1.63. The van der Waals surface area contributed by atoms with E-state index in [0.717, 1.165) is 29.0 Å². The molecule has 2 aromatic rings. The number of anilines is 1. The van der Waals surface area contributed by atoms with Gasteiger partial charge in [-0.15, -0.1) is 11.3 Å². The van der Waals surface area contributed by atoms with E-state index < -0.39 is 10.0 Å². The number of hydrogen-bond donors (Lipinski definition) is 0. The van der Waals surface area contributed by atoms with E-state index in [-0.39, 0.29) is 5.91 Å². The third kappa shape index (κ3) is 3.64. The highest BCUT2D eigenvalue weighted by Gasteiger charge is 2.30. The van der Waals surface area contributed by atoms with E-state index in [1.54, 1.807) is 29.5 Å². The summed E-state index contributed by atoms with van der Waals surface area (Å²) in [4.78, 5) is 17.5. The molecule has 1 aromatic heterocycles. The van der Waals surface area contributed by atoms with Gasteiger partial charge in [0.25, 0.3) is 5.91 Å². The Morgan fingerprint density at radius 3 is 2.66 bits per heavy atom. The van der Waals surface area contributed by atoms with Crippen LogP contribution in [0.3, 0.4) is 0 Å². The fourth-order valence-corrected chi connectivity index (χ4v) is 7.07. The van der Waals surface area contributed by atoms with Crippen molar-refractivity contribution in [1.82, 2.24) is 4.31 Å². The molecular formula is C22H28N2O3S2. The Kier molecular flexibility index (Phi) is 5.57. The molecule has 0 saturated heterocycles. The van der Waals surface area contributed by atoms with Crippen LogP contribution in [0.15, 0.2) is 29.2 Å². The molecule has 7 heteroatoms. The van der Waals surface area contributed by atoms with Gasteiger partial charge in [-0.2, -0.15) is 4.31 Å². The number of rotatable bonds is 5. The van der Waals surface area contributed by atoms with E-state index in [4.69, 9.17) is 0 Å². The Morgan fingerprint density at radius 1 is 1.17 bits per heavy atom. The molecule has 0 saturated carbocycles. The van der Waals surface area contributed by atoms with Gasteiger partial charge < -0.3 is 4.90 Å². The molecule has 4 rings (SSSR count). The third-order valence-corrected chi connectivity index (χ3v) is 9.35. The van der Waals surface area contributed by atoms with Gasteiger partial charge in [0.05, 0.1) is 9.77 Å². The minimum atomic E-state index is -3.49. The molecule has 1 aliphatic carbocycles. The zero-order valence-electron chi connectivity index (χ0n) is 17.3. The van der Waals surface area contributed by atoms with Crippen molar-refractivity contribution in [2.75, 3.05) is 24.5 Å². The van der Waals surface area contributed by atoms with Gasteiger partial charge in [0.15, 0.2) is 0 Å². The van der Waals surface area contributed by atoms with Crippen LogP contribution in [0.25, 0.3) is 0 Å². The lowest BCUT2D eigenvalue weighted by Crippen LogP contribution is -2.30. The SMILES string of the molecule is CCN(CC)S(=O)(=O)c1ccc2c(c1)CCN2C(=O)c1cc2c(s1)CCC(C)C2. The maximum atomic E-state index is 13.2. The molecule has 0 spiro atoms. The first-order chi connectivity index (χ1) is 13.8. The maximum Gasteiger partial charge on any atom is 0.268 e. The molecule has 156 valence electrons. The lowest BCUT2D eigenvalue weighted by Gasteiger charge is -2.20. The van der Waals surface area contributed by atoms with Crippen LogP contribution in [0, 0.1) is 5.92 Å². The average molecular weight is 433 g/mol. The Balaban J connectivity index is 1.60. The van der Waals surface area contributed by atoms with Crippen molar-refractivity contribution in [2.24, 2.45) is 5.92 Å². The largest absolute Gasteiger partial charge is 0.307 e. The number of hydrogen-bond acceptors (Lipinski definition) is 4. The molecule has 2 heterocycles. The number of benzene rings is 1. The molecule has 29 heavy (non-hydrogen) atoms. The molecule has 1 atom stereocenters. The van der Waals surface area contributed by atoms with Crippen LogP contribution < -0.4 is 4.90 Å². The smallest absolute Gasteiger partial charge is 0.268 e. The molecular weight excluding hydrogens is 404 g/mol. The summed E-state index contributed by atoms with van der Waals surface area (Å²) in [6.45, 7) is 7.45. The molecule has 2 aliphatic rings. The lowest BCUT2D eigenvalue weighted by atomic mass is 9.90. The van der Waals surface area contributed by atoms with Crippen LogP contribution in [0.2, 0.25) is 0 Å². The van der Waals surface area contributed by atoms with Crippen molar-refractivity contribution in [3.05, 3.63) is 45.1 Å². The van der Waals surface area contributed by atoms with Crippen molar-refractivity contribution in [3.63, 3.8) is 0 Å². The number of sulfonamides is 1. The Morgan fingerprint density at radius 2 is 1.93 bits per heavy atom. The molecule has 1 aliphatic heterocycles. The normalized spacial score (nSPS) is 18.8. The second-order valence-electron chi connectivity index (χ2n) is 7.99. The summed E-state index contributed by atoms with van der Waals surface area (Å²) in [5, 5.41) is 0. The minimum absolute atomic E-state index is 0.0372. The summed E-state index contributed by atoms with van der Waals surface area (Å²) in [6.07, 6.45) is 4.00. The van der Waals surface area contributed by atoms with Gasteiger partial charge in [0.1, 0.15) is 0 Å². The van der Waals surface area contributed by atoms with Crippen LogP contribution in [0.1, 0.15) is 52.9 Å². The standard InChI is InChI=1S/C22H28N2O3S2/c1-4-23(5-2)29(26,27)18-7-8-19-16(13-18)10-11-24(19)22(25)21-14-17-12-15(3)6-9-20(17)28-21/h7-8,13-15H,4-6,9-12H2,1-3H3. The van der Waals surface area contributed by atoms with Crippen molar-refractivity contribution in [1.29, 1.82) is 0 Å². The zero-order valence-corrected chi connectivity index (χ0v) is 18.9. The van der Waals surface area contributed by atoms with Crippen molar-refractivity contribution < 1.29 is 13.2 Å². The highest BCUT2D eigenvalue weighted by molar-refractivity contribution is 7.89. The first kappa shape index (κ1) is 20.6. The molecule has 0 bridgehead atoms. The summed E-state index contributed by atoms with van der Waals surface area (Å²) in [5.74, 6) is 0.717. The summed E-state index contributed by atoms with van der Waals surface area (Å²) < 4.78 is 27.1. The molecule has 5 nitrogen and oxygen atoms in total. The zero-order chi connectivity index (χ0) is 20.8. The van der Waals surface area contributed by atoms with Crippen molar-refractivity contribution in [3.8, 4) is 0 Å². The average Bonchev–Trinajstić information content (AvgIpc) is 3.31. The van der Waals surface area contributed by atoms with Crippen molar-refractivity contribution >= 4 is 33.0 Å². The maximum absolute atomic E-state index is 13.2. The van der Waals surface area contributed by atoms with E-state index in [1.807, 2.05) is 18.7 Å². The Bertz CT molecular complexity index is 1040. The second kappa shape index (κ2) is 7.85. The van der Waals surface area contributed by atoms with Crippen LogP contribution in [0.4, 0.5) is 5.69 Å². The topological polar surface area (TPSA) is 57.7 Å². The van der Waals surface area contributed by atoms with Gasteiger partial charge in [-0.25, -0.2) is 8.42 Å². The number of aryl methyl sites for hydroxylation is 1. The van der Waals surface area contributed by atoms with Crippen LogP contribution in [0.5, 0.6) is 0 Å². The molecule has 0 radical (unpaired) electrons. The van der Waals surface area contributed by atoms with Gasteiger partial charge >= 0.3 is 0 Å². The number of carbonyl (C=O) groups excluding carboxylic acids is 1. The monoisotopic (exact) mass is 432 g/mol. The van der Waals surface area contributed by atoms with Crippen LogP contribution in [-0.2, 0) is 29.3 Å². The Hall–Kier alpha value is -1.70. The number of carbonyl (C=O) groups is 1. The number of fused-ring (bicyclic) bond motifs is 2. The van der Waals surface area contributed by atoms with Gasteiger partial charge in [-0.3, -0.25) is 4.79 Å². The second-order valence-corrected chi connectivity index (χ2v) is 11.1. The highest BCUT2D eigenvalue weighted by atomic mass is 32.2. The third-order valence-electron chi connectivity index (χ3n) is 6.07. The molecule has 1 aromatic carbocycles. The summed E-state index contributed by atoms with van der Waals surface area (Å²) in [6, 6.07) is 7.26. The van der Waals surface area contributed by atoms with Gasteiger partial charge in [0, 0.05) is 30.2 Å². The molecule has 1 amide bonds. The predicted molar refractivity (Wildman–Crippen MR) is 117 cm³/mol. The fourth-order valence-electron chi connectivity index (χ4n) is 4.41. The summed E-state index contributed by atoms with van der Waals surface area (Å²) in [7, 11) is -3.49. The fraction of sp³-hybridized carbons (Fsp3) is 0.500. The summed E-state index contributed by atoms with van der Waals surface area (Å²) in [5.41, 5.74) is 3.10. The highest BCUT2D eigenvalue weighted by Crippen LogP contribution is 2.36. The van der Waals surface area contributed by atoms with E-state index in [9.17, 15) is 13.2 Å². The quantitative estimate of drug-likeness (QED) is 0.715. The van der Waals surface area contributed by atoms with Gasteiger partial charge in [-0.1, -0.05) is 20.8 Å². The van der Waals surface area contributed by atoms with Crippen LogP contribution in [-0.4, -0.2) is 38.3 Å². The van der Waals surface area contributed by atoms with E-state index in [0.29, 0.717) is 36.9 Å². The Labute approximate surface area is 177 Å². The lowest BCUT2D eigenvalue weighted by molar-refractivity contribution is 0.0993. The first-order valence-corrected chi connectivity index (χ1v) is 12.7. The van der Waals surface area contributed by atoms with Gasteiger partial charge in [0.2, 0.25) is 10.0 Å². The molecule has 0 fully saturated rings. The van der Waals surface area contributed by atoms with Crippen LogP contribution >= 0.6 is 11.3 Å². The van der Waals surface area contributed by atoms with E-state index in [2.05, 4.69) is 13.0 Å². The molecule has 1 unspecified atom stereocenters. The predicted octanol–water partition coefficient (Wildman–Crippen LogP) is 4.11. The van der Waals surface area contributed by atoms with Crippen molar-refractivity contribution in [2.45, 2.75) is 51.3 Å².